The SMILES string of the molecule is [2H][N-][3H].[2H][N-][3H].[CH3-].[CH3-].[V+2].[V+2]. The third kappa shape index (κ3) is 71.8. The standard InChI is InChI=1S/2CH3.2H2N.2V/h2*1H3;2*1H2;;/q4*-1;2*+2/i/hT2D2. The first kappa shape index (κ1) is 10.1. The van der Waals surface area contributed by atoms with Gasteiger partial charge >= 0.3 is 37.1 Å². The van der Waals surface area contributed by atoms with E-state index in [1.807, 2.05) is 12.3 Å². The Morgan fingerprint density at radius 1 is 1.33 bits per heavy atom. The summed E-state index contributed by atoms with van der Waals surface area (Å²) < 4.78 is 22.0. The minimum atomic E-state index is 0. The van der Waals surface area contributed by atoms with Crippen molar-refractivity contribution in [3.8, 4) is 0 Å². The maximum Gasteiger partial charge on any atom is 2.00 e. The van der Waals surface area contributed by atoms with E-state index < -0.39 is 0 Å². The third-order valence-corrected chi connectivity index (χ3v) is 0. The molecule has 0 aromatic heterocycles. The normalized spacial score (nSPS) is 6.67. The molecule has 0 saturated heterocycles. The van der Waals surface area contributed by atoms with Crippen molar-refractivity contribution in [1.29, 1.82) is 0 Å². The summed E-state index contributed by atoms with van der Waals surface area (Å²) in [4.78, 5) is 0. The summed E-state index contributed by atoms with van der Waals surface area (Å²) in [6.45, 7) is 0. The van der Waals surface area contributed by atoms with Gasteiger partial charge in [-0.15, -0.1) is 0 Å². The van der Waals surface area contributed by atoms with Crippen LogP contribution in [-0.4, -0.2) is 0 Å². The zero-order chi connectivity index (χ0) is 5.41. The van der Waals surface area contributed by atoms with Gasteiger partial charge in [0.2, 0.25) is 0 Å². The largest absolute Gasteiger partial charge is 2.00 e. The Bertz CT molecular complexity index is 21.2. The molecule has 0 aromatic carbocycles. The molecule has 0 fully saturated rings. The number of rotatable bonds is 0. The molecule has 0 aliphatic rings. The fourth-order valence-electron chi connectivity index (χ4n) is 0. The molecule has 0 heterocycles. The van der Waals surface area contributed by atoms with Gasteiger partial charge in [-0.3, -0.25) is 0 Å². The molecule has 0 bridgehead atoms. The van der Waals surface area contributed by atoms with Gasteiger partial charge in [0.05, 0.1) is 0 Å². The van der Waals surface area contributed by atoms with Crippen LogP contribution in [0.2, 0.25) is 5.65 Å². The van der Waals surface area contributed by atoms with Gasteiger partial charge in [-0.1, -0.05) is 0 Å². The van der Waals surface area contributed by atoms with Gasteiger partial charge < -0.3 is 27.1 Å². The van der Waals surface area contributed by atoms with Crippen LogP contribution in [0.4, 0.5) is 0 Å². The minimum Gasteiger partial charge on any atom is -0.693 e. The maximum atomic E-state index is 5.50. The summed E-state index contributed by atoms with van der Waals surface area (Å²) in [5, 5.41) is 0. The van der Waals surface area contributed by atoms with Crippen molar-refractivity contribution in [3.05, 3.63) is 27.1 Å². The van der Waals surface area contributed by atoms with Crippen LogP contribution >= 0.6 is 0 Å². The number of hydrogen-bond donors (Lipinski definition) is 0. The van der Waals surface area contributed by atoms with Crippen LogP contribution in [0.1, 0.15) is 0 Å². The van der Waals surface area contributed by atoms with E-state index in [2.05, 4.69) is 0 Å². The van der Waals surface area contributed by atoms with E-state index in [0.717, 1.165) is 0 Å². The fourth-order valence-corrected chi connectivity index (χ4v) is 0. The third-order valence-electron chi connectivity index (χ3n) is 0. The summed E-state index contributed by atoms with van der Waals surface area (Å²) in [5.74, 6) is 0. The zero-order valence-corrected chi connectivity index (χ0v) is 6.58. The van der Waals surface area contributed by atoms with Crippen LogP contribution in [0.3, 0.4) is 0 Å². The molecule has 6 heavy (non-hydrogen) atoms. The van der Waals surface area contributed by atoms with Crippen molar-refractivity contribution in [3.63, 3.8) is 0 Å². The molecule has 2 radical (unpaired) electrons. The molecule has 38 valence electrons. The second-order valence-electron chi connectivity index (χ2n) is 0. The molecule has 4 heteroatoms. The summed E-state index contributed by atoms with van der Waals surface area (Å²) in [5.41, 5.74) is 0. The van der Waals surface area contributed by atoms with Crippen molar-refractivity contribution in [2.45, 2.75) is 0 Å². The molecule has 0 aromatic rings. The average molecular weight is 170 g/mol. The van der Waals surface area contributed by atoms with Crippen LogP contribution in [-0.2, 0) is 37.1 Å². The van der Waals surface area contributed by atoms with E-state index in [0.29, 0.717) is 0 Å². The van der Waals surface area contributed by atoms with Crippen LogP contribution in [0.5, 0.6) is 0 Å². The van der Waals surface area contributed by atoms with Crippen molar-refractivity contribution in [1.82, 2.24) is 0 Å². The predicted octanol–water partition coefficient (Wildman–Crippen LogP) is 2.33. The van der Waals surface area contributed by atoms with Gasteiger partial charge in [0.1, 0.15) is 0 Å². The molecular weight excluding hydrogens is 154 g/mol. The summed E-state index contributed by atoms with van der Waals surface area (Å²) in [7, 11) is 0. The predicted molar refractivity (Wildman–Crippen MR) is 23.4 cm³/mol. The molecule has 0 aliphatic heterocycles. The van der Waals surface area contributed by atoms with E-state index in [-0.39, 0.29) is 52.0 Å². The van der Waals surface area contributed by atoms with Gasteiger partial charge in [-0.25, -0.2) is 0 Å². The van der Waals surface area contributed by atoms with E-state index in [9.17, 15) is 0 Å². The Morgan fingerprint density at radius 2 is 1.33 bits per heavy atom. The van der Waals surface area contributed by atoms with Gasteiger partial charge in [0.15, 0.2) is 0 Å². The van der Waals surface area contributed by atoms with Crippen LogP contribution in [0.25, 0.3) is 12.3 Å². The molecule has 0 aliphatic carbocycles. The molecule has 0 rings (SSSR count). The van der Waals surface area contributed by atoms with Crippen LogP contribution in [0, 0.1) is 14.9 Å². The topological polar surface area (TPSA) is 67.0 Å². The first-order valence-electron chi connectivity index (χ1n) is 1.79. The molecule has 0 saturated carbocycles. The Labute approximate surface area is 70.2 Å². The average Bonchev–Trinajstić information content (AvgIpc) is 1.39. The summed E-state index contributed by atoms with van der Waals surface area (Å²) in [6, 6.07) is 0. The van der Waals surface area contributed by atoms with Gasteiger partial charge in [0.25, 0.3) is 0 Å². The Kier molecular flexibility index (Phi) is 225. The fraction of sp³-hybridized carbons (Fsp3) is 0. The minimum absolute atomic E-state index is 0. The molecule has 2 nitrogen and oxygen atoms in total. The number of nitrogens with two attached hydrogens (primary N) is 2. The van der Waals surface area contributed by atoms with E-state index in [1.165, 1.54) is 0 Å². The quantitative estimate of drug-likeness (QED) is 0.500. The van der Waals surface area contributed by atoms with E-state index in [4.69, 9.17) is 5.65 Å². The number of hydrogen-bond acceptors (Lipinski definition) is 0. The summed E-state index contributed by atoms with van der Waals surface area (Å²) >= 11 is 0. The van der Waals surface area contributed by atoms with Crippen molar-refractivity contribution < 1.29 is 42.8 Å². The molecule has 0 amide bonds. The molecule has 0 unspecified atom stereocenters. The molecular formula is C2H10N2V2. The second-order valence-corrected chi connectivity index (χ2v) is 0. The smallest absolute Gasteiger partial charge is 0.693 e. The van der Waals surface area contributed by atoms with Gasteiger partial charge in [-0.2, -0.15) is 5.65 Å². The van der Waals surface area contributed by atoms with Crippen molar-refractivity contribution in [2.75, 3.05) is 0 Å². The van der Waals surface area contributed by atoms with Gasteiger partial charge in [-0.05, 0) is 0 Å². The maximum absolute atomic E-state index is 5.50. The molecule has 0 spiro atoms. The van der Waals surface area contributed by atoms with E-state index in [1.54, 1.807) is 0 Å². The first-order valence-corrected chi connectivity index (χ1v) is 0. The second kappa shape index (κ2) is 133. The van der Waals surface area contributed by atoms with Gasteiger partial charge in [0, 0.05) is 0 Å². The molecule has 0 atom stereocenters. The summed E-state index contributed by atoms with van der Waals surface area (Å²) in [6.07, 6.45) is 4.00. The van der Waals surface area contributed by atoms with Crippen molar-refractivity contribution >= 4 is 0 Å². The Hall–Kier alpha value is 1.09. The van der Waals surface area contributed by atoms with Crippen molar-refractivity contribution in [2.24, 2.45) is 0 Å². The first-order chi connectivity index (χ1) is 2.83. The van der Waals surface area contributed by atoms with E-state index >= 15 is 0 Å². The molecule has 4 N–H and O–H groups in total. The Morgan fingerprint density at radius 3 is 1.33 bits per heavy atom. The monoisotopic (exact) mass is 170 g/mol. The van der Waals surface area contributed by atoms with Crippen LogP contribution < -0.4 is 0 Å². The van der Waals surface area contributed by atoms with Crippen LogP contribution in [0.15, 0.2) is 0 Å². The zero-order valence-electron chi connectivity index (χ0n) is 7.79. The Balaban J connectivity index is -0.00000000571.